The molecule has 2 aromatic heterocycles. The van der Waals surface area contributed by atoms with Crippen LogP contribution in [-0.2, 0) is 21.7 Å². The van der Waals surface area contributed by atoms with Gasteiger partial charge in [-0.2, -0.15) is 0 Å². The van der Waals surface area contributed by atoms with Crippen LogP contribution in [0.2, 0.25) is 0 Å². The molecular formula is C60H65BN2S2. The summed E-state index contributed by atoms with van der Waals surface area (Å²) in [5.41, 5.74) is 22.4. The highest BCUT2D eigenvalue weighted by Crippen LogP contribution is 2.52. The topological polar surface area (TPSA) is 6.48 Å². The van der Waals surface area contributed by atoms with Crippen LogP contribution in [0.1, 0.15) is 128 Å². The molecule has 2 aliphatic heterocycles. The van der Waals surface area contributed by atoms with Crippen molar-refractivity contribution in [1.29, 1.82) is 0 Å². The zero-order valence-electron chi connectivity index (χ0n) is 41.6. The smallest absolute Gasteiger partial charge is 0.264 e. The normalized spacial score (nSPS) is 14.1. The van der Waals surface area contributed by atoms with E-state index in [2.05, 4.69) is 224 Å². The number of benzene rings is 6. The van der Waals surface area contributed by atoms with E-state index in [0.717, 1.165) is 0 Å². The van der Waals surface area contributed by atoms with Gasteiger partial charge in [-0.05, 0) is 170 Å². The first-order valence-electron chi connectivity index (χ1n) is 23.6. The van der Waals surface area contributed by atoms with Gasteiger partial charge < -0.3 is 9.80 Å². The Kier molecular flexibility index (Phi) is 9.90. The van der Waals surface area contributed by atoms with Gasteiger partial charge in [0.05, 0.1) is 17.1 Å². The van der Waals surface area contributed by atoms with Crippen molar-refractivity contribution in [3.63, 3.8) is 0 Å². The lowest BCUT2D eigenvalue weighted by molar-refractivity contribution is 0.589. The van der Waals surface area contributed by atoms with Crippen LogP contribution in [-0.4, -0.2) is 6.71 Å². The number of aryl methyl sites for hydroxylation is 4. The first kappa shape index (κ1) is 43.8. The summed E-state index contributed by atoms with van der Waals surface area (Å²) >= 11 is 3.90. The Labute approximate surface area is 397 Å². The van der Waals surface area contributed by atoms with Gasteiger partial charge >= 0.3 is 0 Å². The van der Waals surface area contributed by atoms with Gasteiger partial charge in [-0.25, -0.2) is 0 Å². The molecule has 2 aliphatic rings. The van der Waals surface area contributed by atoms with E-state index in [1.54, 1.807) is 0 Å². The van der Waals surface area contributed by atoms with Gasteiger partial charge in [0.15, 0.2) is 0 Å². The largest absolute Gasteiger partial charge is 0.311 e. The predicted octanol–water partition coefficient (Wildman–Crippen LogP) is 16.3. The van der Waals surface area contributed by atoms with Crippen LogP contribution >= 0.6 is 22.7 Å². The summed E-state index contributed by atoms with van der Waals surface area (Å²) in [5, 5.41) is 2.66. The van der Waals surface area contributed by atoms with Crippen LogP contribution in [0, 0.1) is 27.7 Å². The van der Waals surface area contributed by atoms with Gasteiger partial charge in [0.2, 0.25) is 0 Å². The van der Waals surface area contributed by atoms with Crippen molar-refractivity contribution < 1.29 is 0 Å². The molecule has 0 amide bonds. The zero-order chi connectivity index (χ0) is 46.4. The maximum atomic E-state index is 2.73. The van der Waals surface area contributed by atoms with Crippen LogP contribution in [0.5, 0.6) is 0 Å². The number of thiophene rings is 2. The molecule has 0 N–H and O–H groups in total. The van der Waals surface area contributed by atoms with E-state index >= 15 is 0 Å². The minimum absolute atomic E-state index is 0.00890. The molecule has 2 nitrogen and oxygen atoms in total. The Morgan fingerprint density at radius 3 is 1.55 bits per heavy atom. The highest BCUT2D eigenvalue weighted by atomic mass is 32.1. The van der Waals surface area contributed by atoms with Gasteiger partial charge in [0, 0.05) is 41.5 Å². The van der Waals surface area contributed by atoms with E-state index in [9.17, 15) is 0 Å². The van der Waals surface area contributed by atoms with Crippen molar-refractivity contribution in [2.75, 3.05) is 9.80 Å². The molecule has 4 heterocycles. The van der Waals surface area contributed by atoms with E-state index in [1.165, 1.54) is 125 Å². The molecule has 0 unspecified atom stereocenters. The monoisotopic (exact) mass is 888 g/mol. The Bertz CT molecular complexity index is 3180. The summed E-state index contributed by atoms with van der Waals surface area (Å²) < 4.78 is 4.11. The molecule has 0 aliphatic carbocycles. The summed E-state index contributed by atoms with van der Waals surface area (Å²) in [6, 6.07) is 40.8. The van der Waals surface area contributed by atoms with E-state index in [4.69, 9.17) is 0 Å². The lowest BCUT2D eigenvalue weighted by Gasteiger charge is -2.45. The van der Waals surface area contributed by atoms with E-state index in [-0.39, 0.29) is 28.4 Å². The Morgan fingerprint density at radius 2 is 0.954 bits per heavy atom. The fourth-order valence-corrected chi connectivity index (χ4v) is 13.0. The van der Waals surface area contributed by atoms with E-state index < -0.39 is 0 Å². The molecule has 65 heavy (non-hydrogen) atoms. The van der Waals surface area contributed by atoms with Crippen molar-refractivity contribution in [3.05, 3.63) is 148 Å². The summed E-state index contributed by atoms with van der Waals surface area (Å²) in [5.74, 6) is 0. The number of nitrogens with zero attached hydrogens (tertiary/aromatic N) is 2. The van der Waals surface area contributed by atoms with Crippen LogP contribution in [0.4, 0.5) is 34.1 Å². The average molecular weight is 889 g/mol. The van der Waals surface area contributed by atoms with Crippen LogP contribution in [0.3, 0.4) is 0 Å². The molecule has 0 saturated heterocycles. The third kappa shape index (κ3) is 7.10. The number of anilines is 6. The summed E-state index contributed by atoms with van der Waals surface area (Å²) in [6.07, 6.45) is 0. The second-order valence-electron chi connectivity index (χ2n) is 23.4. The second-order valence-corrected chi connectivity index (χ2v) is 25.6. The molecule has 5 heteroatoms. The Hall–Kier alpha value is -5.10. The summed E-state index contributed by atoms with van der Waals surface area (Å²) in [7, 11) is 0. The van der Waals surface area contributed by atoms with E-state index in [1.807, 2.05) is 22.7 Å². The second kappa shape index (κ2) is 14.7. The number of fused-ring (bicyclic) bond motifs is 7. The van der Waals surface area contributed by atoms with Crippen molar-refractivity contribution >= 4 is 99.4 Å². The van der Waals surface area contributed by atoms with Crippen molar-refractivity contribution in [1.82, 2.24) is 0 Å². The van der Waals surface area contributed by atoms with Crippen molar-refractivity contribution in [3.8, 4) is 10.4 Å². The number of rotatable bonds is 3. The highest BCUT2D eigenvalue weighted by Gasteiger charge is 2.47. The number of hydrogen-bond donors (Lipinski definition) is 0. The van der Waals surface area contributed by atoms with Crippen LogP contribution in [0.25, 0.3) is 30.6 Å². The lowest BCUT2D eigenvalue weighted by atomic mass is 9.36. The molecule has 0 fully saturated rings. The molecule has 0 spiro atoms. The summed E-state index contributed by atoms with van der Waals surface area (Å²) in [4.78, 5) is 6.71. The van der Waals surface area contributed by atoms with Crippen molar-refractivity contribution in [2.24, 2.45) is 0 Å². The third-order valence-electron chi connectivity index (χ3n) is 14.3. The van der Waals surface area contributed by atoms with Gasteiger partial charge in [0.1, 0.15) is 0 Å². The molecule has 0 radical (unpaired) electrons. The molecule has 8 aromatic rings. The van der Waals surface area contributed by atoms with Gasteiger partial charge in [-0.3, -0.25) is 0 Å². The van der Waals surface area contributed by atoms with Gasteiger partial charge in [-0.1, -0.05) is 132 Å². The maximum absolute atomic E-state index is 2.73. The molecular weight excluding hydrogens is 824 g/mol. The first-order valence-corrected chi connectivity index (χ1v) is 25.3. The molecule has 6 aromatic carbocycles. The molecule has 330 valence electrons. The first-order chi connectivity index (χ1) is 30.4. The van der Waals surface area contributed by atoms with Crippen LogP contribution < -0.4 is 25.5 Å². The highest BCUT2D eigenvalue weighted by molar-refractivity contribution is 7.33. The molecule has 10 rings (SSSR count). The fraction of sp³-hybridized carbons (Fsp3) is 0.333. The quantitative estimate of drug-likeness (QED) is 0.163. The minimum atomic E-state index is -0.111. The molecule has 0 bridgehead atoms. The van der Waals surface area contributed by atoms with Crippen molar-refractivity contribution in [2.45, 2.75) is 132 Å². The Morgan fingerprint density at radius 1 is 0.431 bits per heavy atom. The standard InChI is InChI=1S/C60H65BN2S2/c1-34-25-39(51-29-38-19-17-18-20-49(38)64-51)26-35(2)53(34)62-46-23-21-41(58(8,9)10)31-45(46)61-52-47(62)32-43(60(14,15)16)33-48(52)63(54-36(3)27-42(28-37(54)4)59(11,12)13)55-44-30-40(57(5,6)7)22-24-50(44)65-56(55)61/h17-33H,1-16H3. The minimum Gasteiger partial charge on any atom is -0.311 e. The van der Waals surface area contributed by atoms with Crippen LogP contribution in [0.15, 0.2) is 103 Å². The molecule has 0 atom stereocenters. The number of hydrogen-bond acceptors (Lipinski definition) is 4. The Balaban J connectivity index is 1.33. The lowest BCUT2D eigenvalue weighted by Crippen LogP contribution is -2.61. The SMILES string of the molecule is Cc1cc(-c2cc3ccccc3s2)cc(C)c1N1c2ccc(C(C)(C)C)cc2B2c3sc4ccc(C(C)(C)C)cc4c3N(c3c(C)cc(C(C)(C)C)cc3C)c3cc(C(C)(C)C)cc1c32. The maximum Gasteiger partial charge on any atom is 0.264 e. The van der Waals surface area contributed by atoms with E-state index in [0.29, 0.717) is 0 Å². The fourth-order valence-electron chi connectivity index (χ4n) is 10.6. The zero-order valence-corrected chi connectivity index (χ0v) is 43.2. The third-order valence-corrected chi connectivity index (χ3v) is 16.7. The van der Waals surface area contributed by atoms with Gasteiger partial charge in [0.25, 0.3) is 6.71 Å². The predicted molar refractivity (Wildman–Crippen MR) is 290 cm³/mol. The van der Waals surface area contributed by atoms with Gasteiger partial charge in [-0.15, -0.1) is 22.7 Å². The average Bonchev–Trinajstić information content (AvgIpc) is 3.82. The molecule has 0 saturated carbocycles. The summed E-state index contributed by atoms with van der Waals surface area (Å²) in [6.45, 7) is 37.7.